The van der Waals surface area contributed by atoms with Crippen molar-refractivity contribution in [3.05, 3.63) is 52.2 Å². The molecule has 0 radical (unpaired) electrons. The highest BCUT2D eigenvalue weighted by Gasteiger charge is 2.19. The Labute approximate surface area is 141 Å². The maximum absolute atomic E-state index is 12.5. The van der Waals surface area contributed by atoms with Gasteiger partial charge in [-0.15, -0.1) is 0 Å². The minimum atomic E-state index is -3.74. The van der Waals surface area contributed by atoms with Gasteiger partial charge < -0.3 is 4.74 Å². The molecule has 1 N–H and O–H groups in total. The summed E-state index contributed by atoms with van der Waals surface area (Å²) in [7, 11) is -3.74. The summed E-state index contributed by atoms with van der Waals surface area (Å²) >= 11 is 6.00. The largest absolute Gasteiger partial charge is 0.377 e. The lowest BCUT2D eigenvalue weighted by molar-refractivity contribution is 0.133. The lowest BCUT2D eigenvalue weighted by atomic mass is 10.2. The Hall–Kier alpha value is -1.63. The second kappa shape index (κ2) is 7.29. The summed E-state index contributed by atoms with van der Waals surface area (Å²) in [6.07, 6.45) is 0. The molecule has 0 amide bonds. The molecule has 0 saturated carbocycles. The molecule has 0 atom stereocenters. The second-order valence-corrected chi connectivity index (χ2v) is 7.10. The third-order valence-corrected chi connectivity index (χ3v) is 5.31. The van der Waals surface area contributed by atoms with Gasteiger partial charge in [0.1, 0.15) is 5.82 Å². The zero-order valence-corrected chi connectivity index (χ0v) is 14.8. The first-order valence-corrected chi connectivity index (χ1v) is 9.03. The topological polar surface area (TPSA) is 68.3 Å². The molecule has 0 aliphatic rings. The van der Waals surface area contributed by atoms with Crippen LogP contribution in [0.25, 0.3) is 0 Å². The summed E-state index contributed by atoms with van der Waals surface area (Å²) in [6.45, 7) is 6.47. The fourth-order valence-electron chi connectivity index (χ4n) is 2.08. The van der Waals surface area contributed by atoms with Gasteiger partial charge in [-0.25, -0.2) is 13.4 Å². The number of rotatable bonds is 6. The van der Waals surface area contributed by atoms with Crippen LogP contribution >= 0.6 is 11.6 Å². The molecule has 7 heteroatoms. The first kappa shape index (κ1) is 17.7. The monoisotopic (exact) mass is 354 g/mol. The Kier molecular flexibility index (Phi) is 5.62. The fourth-order valence-corrected chi connectivity index (χ4v) is 3.58. The van der Waals surface area contributed by atoms with Gasteiger partial charge in [-0.3, -0.25) is 4.72 Å². The second-order valence-electron chi connectivity index (χ2n) is 5.05. The lowest BCUT2D eigenvalue weighted by Crippen LogP contribution is -2.15. The van der Waals surface area contributed by atoms with Crippen molar-refractivity contribution in [2.45, 2.75) is 32.3 Å². The number of ether oxygens (including phenoxy) is 1. The molecule has 5 nitrogen and oxygen atoms in total. The van der Waals surface area contributed by atoms with Gasteiger partial charge >= 0.3 is 0 Å². The van der Waals surface area contributed by atoms with Crippen molar-refractivity contribution in [1.82, 2.24) is 4.98 Å². The van der Waals surface area contributed by atoms with Crippen LogP contribution in [0, 0.1) is 13.8 Å². The van der Waals surface area contributed by atoms with Gasteiger partial charge in [0.25, 0.3) is 10.0 Å². The highest BCUT2D eigenvalue weighted by atomic mass is 35.5. The number of nitrogens with zero attached hydrogens (tertiary/aromatic N) is 1. The Morgan fingerprint density at radius 3 is 2.61 bits per heavy atom. The summed E-state index contributed by atoms with van der Waals surface area (Å²) in [5, 5.41) is 0.407. The molecule has 1 heterocycles. The molecule has 0 aliphatic heterocycles. The molecule has 23 heavy (non-hydrogen) atoms. The number of anilines is 1. The van der Waals surface area contributed by atoms with Gasteiger partial charge in [0.2, 0.25) is 0 Å². The Morgan fingerprint density at radius 1 is 1.22 bits per heavy atom. The summed E-state index contributed by atoms with van der Waals surface area (Å²) in [6, 6.07) is 8.20. The van der Waals surface area contributed by atoms with E-state index in [0.29, 0.717) is 23.8 Å². The van der Waals surface area contributed by atoms with Crippen LogP contribution in [0.4, 0.5) is 5.82 Å². The van der Waals surface area contributed by atoms with Gasteiger partial charge in [-0.05, 0) is 50.1 Å². The predicted octanol–water partition coefficient (Wildman–Crippen LogP) is 3.69. The van der Waals surface area contributed by atoms with Crippen molar-refractivity contribution in [1.29, 1.82) is 0 Å². The molecule has 0 fully saturated rings. The summed E-state index contributed by atoms with van der Waals surface area (Å²) in [4.78, 5) is 4.43. The Bertz CT molecular complexity index is 807. The molecular weight excluding hydrogens is 336 g/mol. The number of sulfonamides is 1. The highest BCUT2D eigenvalue weighted by Crippen LogP contribution is 2.24. The van der Waals surface area contributed by atoms with Gasteiger partial charge in [0.05, 0.1) is 11.5 Å². The van der Waals surface area contributed by atoms with Crippen LogP contribution < -0.4 is 4.72 Å². The molecule has 2 aromatic rings. The number of pyridine rings is 1. The van der Waals surface area contributed by atoms with E-state index in [9.17, 15) is 8.42 Å². The quantitative estimate of drug-likeness (QED) is 0.859. The van der Waals surface area contributed by atoms with Crippen molar-refractivity contribution >= 4 is 27.4 Å². The molecule has 0 bridgehead atoms. The van der Waals surface area contributed by atoms with Gasteiger partial charge in [-0.2, -0.15) is 0 Å². The third-order valence-electron chi connectivity index (χ3n) is 3.40. The molecule has 2 rings (SSSR count). The molecule has 0 spiro atoms. The average molecular weight is 355 g/mol. The third kappa shape index (κ3) is 4.22. The van der Waals surface area contributed by atoms with Crippen LogP contribution in [0.3, 0.4) is 0 Å². The first-order valence-electron chi connectivity index (χ1n) is 7.17. The van der Waals surface area contributed by atoms with Crippen LogP contribution in [-0.4, -0.2) is 20.0 Å². The van der Waals surface area contributed by atoms with Crippen molar-refractivity contribution in [2.24, 2.45) is 0 Å². The first-order chi connectivity index (χ1) is 10.8. The van der Waals surface area contributed by atoms with Gasteiger partial charge in [0.15, 0.2) is 0 Å². The minimum Gasteiger partial charge on any atom is -0.377 e. The van der Waals surface area contributed by atoms with E-state index in [2.05, 4.69) is 9.71 Å². The van der Waals surface area contributed by atoms with E-state index in [-0.39, 0.29) is 10.7 Å². The van der Waals surface area contributed by atoms with Gasteiger partial charge in [-0.1, -0.05) is 23.7 Å². The van der Waals surface area contributed by atoms with E-state index in [1.165, 1.54) is 6.07 Å². The molecular formula is C16H19ClN2O3S. The van der Waals surface area contributed by atoms with Crippen molar-refractivity contribution in [3.63, 3.8) is 0 Å². The maximum atomic E-state index is 12.5. The van der Waals surface area contributed by atoms with Crippen LogP contribution in [-0.2, 0) is 21.4 Å². The van der Waals surface area contributed by atoms with E-state index in [0.717, 1.165) is 11.3 Å². The number of nitrogens with one attached hydrogen (secondary N) is 1. The number of halogens is 1. The lowest BCUT2D eigenvalue weighted by Gasteiger charge is -2.12. The number of hydrogen-bond acceptors (Lipinski definition) is 4. The van der Waals surface area contributed by atoms with E-state index in [1.54, 1.807) is 31.2 Å². The van der Waals surface area contributed by atoms with Crippen LogP contribution in [0.5, 0.6) is 0 Å². The molecule has 0 saturated heterocycles. The zero-order valence-electron chi connectivity index (χ0n) is 13.3. The SMILES string of the molecule is CCOCc1ccc(NS(=O)(=O)c2cccc(Cl)c2C)nc1C. The maximum Gasteiger partial charge on any atom is 0.263 e. The van der Waals surface area contributed by atoms with E-state index in [1.807, 2.05) is 13.8 Å². The van der Waals surface area contributed by atoms with Crippen molar-refractivity contribution in [2.75, 3.05) is 11.3 Å². The van der Waals surface area contributed by atoms with Crippen LogP contribution in [0.2, 0.25) is 5.02 Å². The summed E-state index contributed by atoms with van der Waals surface area (Å²) in [5.41, 5.74) is 2.15. The smallest absolute Gasteiger partial charge is 0.263 e. The number of hydrogen-bond donors (Lipinski definition) is 1. The standard InChI is InChI=1S/C16H19ClN2O3S/c1-4-22-10-13-8-9-16(18-12(13)3)19-23(20,21)15-7-5-6-14(17)11(15)2/h5-9H,4,10H2,1-3H3,(H,18,19). The molecule has 1 aromatic heterocycles. The molecule has 0 unspecified atom stereocenters. The number of aryl methyl sites for hydroxylation is 1. The summed E-state index contributed by atoms with van der Waals surface area (Å²) in [5.74, 6) is 0.266. The number of aromatic nitrogens is 1. The van der Waals surface area contributed by atoms with Crippen LogP contribution in [0.15, 0.2) is 35.2 Å². The highest BCUT2D eigenvalue weighted by molar-refractivity contribution is 7.92. The minimum absolute atomic E-state index is 0.142. The Morgan fingerprint density at radius 2 is 1.96 bits per heavy atom. The molecule has 0 aliphatic carbocycles. The Balaban J connectivity index is 2.27. The van der Waals surface area contributed by atoms with Crippen molar-refractivity contribution in [3.8, 4) is 0 Å². The van der Waals surface area contributed by atoms with Crippen LogP contribution in [0.1, 0.15) is 23.7 Å². The molecule has 124 valence electrons. The molecule has 1 aromatic carbocycles. The zero-order chi connectivity index (χ0) is 17.0. The predicted molar refractivity (Wildman–Crippen MR) is 91.3 cm³/mol. The fraction of sp³-hybridized carbons (Fsp3) is 0.312. The average Bonchev–Trinajstić information content (AvgIpc) is 2.48. The normalized spacial score (nSPS) is 11.5. The van der Waals surface area contributed by atoms with E-state index < -0.39 is 10.0 Å². The van der Waals surface area contributed by atoms with Crippen molar-refractivity contribution < 1.29 is 13.2 Å². The van der Waals surface area contributed by atoms with E-state index >= 15 is 0 Å². The summed E-state index contributed by atoms with van der Waals surface area (Å²) < 4.78 is 32.9. The van der Waals surface area contributed by atoms with E-state index in [4.69, 9.17) is 16.3 Å². The van der Waals surface area contributed by atoms with Gasteiger partial charge in [0, 0.05) is 17.3 Å². The number of benzene rings is 1.